The Morgan fingerprint density at radius 2 is 1.79 bits per heavy atom. The molecular formula is C18H20BrN3O4S2. The second-order valence-electron chi connectivity index (χ2n) is 6.36. The standard InChI is InChI=1S/C18H20BrN3O4S2/c1-13(23)14-2-4-17(5-3-14)28(25,26)22-8-6-21(7-9-22)18(24)20-11-16-10-15(19)12-27-16/h2-5,10,12H,6-9,11H2,1H3,(H,20,24). The molecule has 1 aromatic heterocycles. The van der Waals surface area contributed by atoms with Gasteiger partial charge in [0.05, 0.1) is 11.4 Å². The number of amides is 2. The van der Waals surface area contributed by atoms with Crippen molar-refractivity contribution in [2.75, 3.05) is 26.2 Å². The molecule has 150 valence electrons. The number of hydrogen-bond donors (Lipinski definition) is 1. The van der Waals surface area contributed by atoms with Crippen LogP contribution in [0.4, 0.5) is 4.79 Å². The fraction of sp³-hybridized carbons (Fsp3) is 0.333. The van der Waals surface area contributed by atoms with Crippen molar-refractivity contribution in [1.29, 1.82) is 0 Å². The molecule has 1 aromatic carbocycles. The molecule has 0 aliphatic carbocycles. The maximum Gasteiger partial charge on any atom is 0.317 e. The molecule has 2 aromatic rings. The van der Waals surface area contributed by atoms with Crippen molar-refractivity contribution in [1.82, 2.24) is 14.5 Å². The highest BCUT2D eigenvalue weighted by molar-refractivity contribution is 9.10. The van der Waals surface area contributed by atoms with Crippen LogP contribution in [0.5, 0.6) is 0 Å². The molecule has 7 nitrogen and oxygen atoms in total. The second-order valence-corrected chi connectivity index (χ2v) is 10.2. The maximum absolute atomic E-state index is 12.8. The first-order valence-corrected chi connectivity index (χ1v) is 11.8. The van der Waals surface area contributed by atoms with Gasteiger partial charge in [0, 0.05) is 46.5 Å². The first-order chi connectivity index (χ1) is 13.3. The van der Waals surface area contributed by atoms with Crippen LogP contribution < -0.4 is 5.32 Å². The zero-order valence-electron chi connectivity index (χ0n) is 15.2. The molecule has 1 aliphatic heterocycles. The van der Waals surface area contributed by atoms with Gasteiger partial charge in [0.25, 0.3) is 0 Å². The Morgan fingerprint density at radius 3 is 2.32 bits per heavy atom. The number of halogens is 1. The van der Waals surface area contributed by atoms with Crippen LogP contribution in [0.15, 0.2) is 45.1 Å². The molecule has 0 unspecified atom stereocenters. The average molecular weight is 486 g/mol. The van der Waals surface area contributed by atoms with E-state index < -0.39 is 10.0 Å². The Morgan fingerprint density at radius 1 is 1.14 bits per heavy atom. The van der Waals surface area contributed by atoms with E-state index in [1.54, 1.807) is 16.2 Å². The quantitative estimate of drug-likeness (QED) is 0.659. The van der Waals surface area contributed by atoms with Crippen molar-refractivity contribution in [2.24, 2.45) is 0 Å². The Bertz CT molecular complexity index is 965. The Kier molecular flexibility index (Phi) is 6.54. The predicted molar refractivity (Wildman–Crippen MR) is 111 cm³/mol. The molecule has 3 rings (SSSR count). The van der Waals surface area contributed by atoms with Crippen molar-refractivity contribution in [3.05, 3.63) is 50.6 Å². The molecule has 0 spiro atoms. The van der Waals surface area contributed by atoms with Crippen LogP contribution >= 0.6 is 27.3 Å². The van der Waals surface area contributed by atoms with Gasteiger partial charge in [-0.15, -0.1) is 11.3 Å². The first kappa shape index (κ1) is 21.0. The lowest BCUT2D eigenvalue weighted by molar-refractivity contribution is 0.101. The van der Waals surface area contributed by atoms with Gasteiger partial charge in [-0.3, -0.25) is 4.79 Å². The van der Waals surface area contributed by atoms with Gasteiger partial charge in [0.15, 0.2) is 5.78 Å². The summed E-state index contributed by atoms with van der Waals surface area (Å²) < 4.78 is 27.9. The van der Waals surface area contributed by atoms with Crippen LogP contribution in [0.2, 0.25) is 0 Å². The molecule has 10 heteroatoms. The Hall–Kier alpha value is -1.75. The number of sulfonamides is 1. The highest BCUT2D eigenvalue weighted by Gasteiger charge is 2.30. The number of benzene rings is 1. The second kappa shape index (κ2) is 8.73. The highest BCUT2D eigenvalue weighted by Crippen LogP contribution is 2.20. The van der Waals surface area contributed by atoms with E-state index in [-0.39, 0.29) is 29.8 Å². The molecule has 0 radical (unpaired) electrons. The zero-order valence-corrected chi connectivity index (χ0v) is 18.4. The van der Waals surface area contributed by atoms with Gasteiger partial charge in [-0.05, 0) is 41.1 Å². The largest absolute Gasteiger partial charge is 0.333 e. The molecule has 1 N–H and O–H groups in total. The number of Topliss-reactive ketones (excluding diaryl/α,β-unsaturated/α-hetero) is 1. The van der Waals surface area contributed by atoms with E-state index in [0.29, 0.717) is 25.2 Å². The number of rotatable bonds is 5. The molecule has 1 aliphatic rings. The van der Waals surface area contributed by atoms with Crippen LogP contribution in [0.25, 0.3) is 0 Å². The molecule has 2 heterocycles. The number of thiophene rings is 1. The smallest absolute Gasteiger partial charge is 0.317 e. The van der Waals surface area contributed by atoms with Crippen molar-refractivity contribution in [2.45, 2.75) is 18.4 Å². The van der Waals surface area contributed by atoms with Gasteiger partial charge in [0.1, 0.15) is 0 Å². The summed E-state index contributed by atoms with van der Waals surface area (Å²) in [7, 11) is -3.65. The summed E-state index contributed by atoms with van der Waals surface area (Å²) in [5, 5.41) is 4.81. The number of nitrogens with one attached hydrogen (secondary N) is 1. The zero-order chi connectivity index (χ0) is 20.3. The topological polar surface area (TPSA) is 86.8 Å². The maximum atomic E-state index is 12.8. The molecule has 2 amide bonds. The van der Waals surface area contributed by atoms with E-state index in [1.165, 1.54) is 35.5 Å². The monoisotopic (exact) mass is 485 g/mol. The van der Waals surface area contributed by atoms with Gasteiger partial charge >= 0.3 is 6.03 Å². The van der Waals surface area contributed by atoms with Crippen LogP contribution in [0.1, 0.15) is 22.2 Å². The van der Waals surface area contributed by atoms with Gasteiger partial charge in [-0.2, -0.15) is 4.31 Å². The molecular weight excluding hydrogens is 466 g/mol. The van der Waals surface area contributed by atoms with Crippen molar-refractivity contribution < 1.29 is 18.0 Å². The fourth-order valence-corrected chi connectivity index (χ4v) is 5.68. The van der Waals surface area contributed by atoms with Gasteiger partial charge < -0.3 is 10.2 Å². The number of piperazine rings is 1. The van der Waals surface area contributed by atoms with E-state index >= 15 is 0 Å². The van der Waals surface area contributed by atoms with Crippen LogP contribution in [-0.4, -0.2) is 55.6 Å². The summed E-state index contributed by atoms with van der Waals surface area (Å²) in [6.45, 7) is 2.99. The first-order valence-electron chi connectivity index (χ1n) is 8.64. The molecule has 0 saturated carbocycles. The Balaban J connectivity index is 1.56. The van der Waals surface area contributed by atoms with E-state index in [1.807, 2.05) is 11.4 Å². The Labute approximate surface area is 176 Å². The highest BCUT2D eigenvalue weighted by atomic mass is 79.9. The molecule has 1 saturated heterocycles. The van der Waals surface area contributed by atoms with Crippen molar-refractivity contribution >= 4 is 49.1 Å². The minimum atomic E-state index is -3.65. The number of nitrogens with zero attached hydrogens (tertiary/aromatic N) is 2. The van der Waals surface area contributed by atoms with E-state index in [9.17, 15) is 18.0 Å². The molecule has 0 atom stereocenters. The van der Waals surface area contributed by atoms with Crippen molar-refractivity contribution in [3.63, 3.8) is 0 Å². The summed E-state index contributed by atoms with van der Waals surface area (Å²) in [6.07, 6.45) is 0. The molecule has 0 bridgehead atoms. The third-order valence-corrected chi connectivity index (χ3v) is 8.07. The molecule has 1 fully saturated rings. The minimum absolute atomic E-state index is 0.113. The summed E-state index contributed by atoms with van der Waals surface area (Å²) in [6, 6.07) is 7.68. The van der Waals surface area contributed by atoms with Crippen molar-refractivity contribution in [3.8, 4) is 0 Å². The van der Waals surface area contributed by atoms with E-state index in [0.717, 1.165) is 9.35 Å². The van der Waals surface area contributed by atoms with Gasteiger partial charge in [0.2, 0.25) is 10.0 Å². The average Bonchev–Trinajstić information content (AvgIpc) is 3.11. The molecule has 28 heavy (non-hydrogen) atoms. The number of urea groups is 1. The van der Waals surface area contributed by atoms with Crippen LogP contribution in [0, 0.1) is 0 Å². The van der Waals surface area contributed by atoms with Crippen LogP contribution in [-0.2, 0) is 16.6 Å². The van der Waals surface area contributed by atoms with Crippen LogP contribution in [0.3, 0.4) is 0 Å². The lowest BCUT2D eigenvalue weighted by atomic mass is 10.2. The normalized spacial score (nSPS) is 15.4. The van der Waals surface area contributed by atoms with E-state index in [4.69, 9.17) is 0 Å². The van der Waals surface area contributed by atoms with Gasteiger partial charge in [-0.25, -0.2) is 13.2 Å². The predicted octanol–water partition coefficient (Wildman–Crippen LogP) is 2.93. The number of carbonyl (C=O) groups is 2. The number of hydrogen-bond acceptors (Lipinski definition) is 5. The summed E-state index contributed by atoms with van der Waals surface area (Å²) in [4.78, 5) is 26.5. The third kappa shape index (κ3) is 4.80. The van der Waals surface area contributed by atoms with E-state index in [2.05, 4.69) is 21.2 Å². The lowest BCUT2D eigenvalue weighted by Crippen LogP contribution is -2.52. The summed E-state index contributed by atoms with van der Waals surface area (Å²) >= 11 is 4.93. The third-order valence-electron chi connectivity index (χ3n) is 4.46. The SMILES string of the molecule is CC(=O)c1ccc(S(=O)(=O)N2CCN(C(=O)NCc3cc(Br)cs3)CC2)cc1. The number of carbonyl (C=O) groups excluding carboxylic acids is 2. The van der Waals surface area contributed by atoms with Gasteiger partial charge in [-0.1, -0.05) is 12.1 Å². The summed E-state index contributed by atoms with van der Waals surface area (Å²) in [5.41, 5.74) is 0.471. The lowest BCUT2D eigenvalue weighted by Gasteiger charge is -2.34. The fourth-order valence-electron chi connectivity index (χ4n) is 2.86. The number of ketones is 1. The minimum Gasteiger partial charge on any atom is -0.333 e. The summed E-state index contributed by atoms with van der Waals surface area (Å²) in [5.74, 6) is -0.113.